The van der Waals surface area contributed by atoms with Gasteiger partial charge in [0.05, 0.1) is 0 Å². The molecule has 1 saturated heterocycles. The Bertz CT molecular complexity index is 1080. The first-order valence-corrected chi connectivity index (χ1v) is 10.5. The van der Waals surface area contributed by atoms with Crippen LogP contribution in [-0.2, 0) is 6.54 Å². The van der Waals surface area contributed by atoms with Crippen molar-refractivity contribution >= 4 is 17.0 Å². The van der Waals surface area contributed by atoms with E-state index in [1.54, 1.807) is 12.1 Å². The van der Waals surface area contributed by atoms with Gasteiger partial charge in [-0.3, -0.25) is 4.90 Å². The predicted molar refractivity (Wildman–Crippen MR) is 110 cm³/mol. The van der Waals surface area contributed by atoms with Gasteiger partial charge in [-0.1, -0.05) is 18.2 Å². The van der Waals surface area contributed by atoms with Gasteiger partial charge >= 0.3 is 0 Å². The Morgan fingerprint density at radius 1 is 1.04 bits per heavy atom. The van der Waals surface area contributed by atoms with Gasteiger partial charge in [0.1, 0.15) is 5.82 Å². The van der Waals surface area contributed by atoms with E-state index in [2.05, 4.69) is 22.4 Å². The summed E-state index contributed by atoms with van der Waals surface area (Å²) in [6.07, 6.45) is 4.10. The van der Waals surface area contributed by atoms with Crippen LogP contribution in [0.3, 0.4) is 0 Å². The van der Waals surface area contributed by atoms with Gasteiger partial charge < -0.3 is 0 Å². The number of piperidine rings is 1. The number of aromatic nitrogens is 3. The quantitative estimate of drug-likeness (QED) is 0.491. The first-order chi connectivity index (χ1) is 13.7. The SMILES string of the molecule is Fc1cccc(-c2ccc3nc(C4CCN(Cc5cccs5)CC4)nn3c2)c1. The van der Waals surface area contributed by atoms with Gasteiger partial charge in [0.2, 0.25) is 0 Å². The van der Waals surface area contributed by atoms with Gasteiger partial charge in [-0.05, 0) is 67.2 Å². The minimum Gasteiger partial charge on any atom is -0.298 e. The van der Waals surface area contributed by atoms with E-state index in [1.807, 2.05) is 40.2 Å². The maximum Gasteiger partial charge on any atom is 0.155 e. The number of fused-ring (bicyclic) bond motifs is 1. The number of hydrogen-bond acceptors (Lipinski definition) is 4. The molecule has 142 valence electrons. The van der Waals surface area contributed by atoms with Crippen molar-refractivity contribution in [2.75, 3.05) is 13.1 Å². The largest absolute Gasteiger partial charge is 0.298 e. The monoisotopic (exact) mass is 392 g/mol. The van der Waals surface area contributed by atoms with E-state index >= 15 is 0 Å². The van der Waals surface area contributed by atoms with Crippen LogP contribution in [0.4, 0.5) is 4.39 Å². The molecule has 0 saturated carbocycles. The summed E-state index contributed by atoms with van der Waals surface area (Å²) in [7, 11) is 0. The summed E-state index contributed by atoms with van der Waals surface area (Å²) in [5.41, 5.74) is 2.63. The van der Waals surface area contributed by atoms with Crippen LogP contribution in [-0.4, -0.2) is 32.6 Å². The van der Waals surface area contributed by atoms with Gasteiger partial charge in [-0.25, -0.2) is 13.9 Å². The lowest BCUT2D eigenvalue weighted by Crippen LogP contribution is -2.32. The number of rotatable bonds is 4. The highest BCUT2D eigenvalue weighted by atomic mass is 32.1. The number of likely N-dealkylation sites (tertiary alicyclic amines) is 1. The summed E-state index contributed by atoms with van der Waals surface area (Å²) in [5, 5.41) is 6.88. The van der Waals surface area contributed by atoms with E-state index in [4.69, 9.17) is 10.1 Å². The second-order valence-corrected chi connectivity index (χ2v) is 8.36. The molecule has 4 heterocycles. The second kappa shape index (κ2) is 7.45. The molecule has 0 bridgehead atoms. The Labute approximate surface area is 167 Å². The summed E-state index contributed by atoms with van der Waals surface area (Å²) >= 11 is 1.82. The van der Waals surface area contributed by atoms with E-state index in [-0.39, 0.29) is 5.82 Å². The molecule has 0 unspecified atom stereocenters. The van der Waals surface area contributed by atoms with Gasteiger partial charge in [0.15, 0.2) is 11.5 Å². The molecule has 4 aromatic rings. The first-order valence-electron chi connectivity index (χ1n) is 9.61. The van der Waals surface area contributed by atoms with E-state index in [0.717, 1.165) is 55.1 Å². The normalized spacial score (nSPS) is 16.0. The van der Waals surface area contributed by atoms with E-state index in [1.165, 1.54) is 10.9 Å². The van der Waals surface area contributed by atoms with Crippen molar-refractivity contribution < 1.29 is 4.39 Å². The zero-order chi connectivity index (χ0) is 18.9. The van der Waals surface area contributed by atoms with Crippen LogP contribution < -0.4 is 0 Å². The van der Waals surface area contributed by atoms with Crippen LogP contribution in [0, 0.1) is 5.82 Å². The van der Waals surface area contributed by atoms with Crippen molar-refractivity contribution in [3.8, 4) is 11.1 Å². The molecule has 1 aliphatic rings. The fourth-order valence-corrected chi connectivity index (χ4v) is 4.63. The summed E-state index contributed by atoms with van der Waals surface area (Å²) in [5.74, 6) is 1.09. The molecule has 0 spiro atoms. The Kier molecular flexibility index (Phi) is 4.66. The molecular weight excluding hydrogens is 371 g/mol. The highest BCUT2D eigenvalue weighted by Gasteiger charge is 2.24. The molecule has 3 aromatic heterocycles. The summed E-state index contributed by atoms with van der Waals surface area (Å²) in [6, 6.07) is 14.9. The molecule has 1 fully saturated rings. The lowest BCUT2D eigenvalue weighted by molar-refractivity contribution is 0.203. The molecule has 1 aromatic carbocycles. The molecule has 1 aliphatic heterocycles. The standard InChI is InChI=1S/C22H21FN4S/c23-19-4-1-3-17(13-19)18-6-7-21-24-22(25-27(21)14-18)16-8-10-26(11-9-16)15-20-5-2-12-28-20/h1-7,12-14,16H,8-11,15H2. The zero-order valence-corrected chi connectivity index (χ0v) is 16.3. The van der Waals surface area contributed by atoms with Gasteiger partial charge in [-0.2, -0.15) is 5.10 Å². The Morgan fingerprint density at radius 2 is 1.93 bits per heavy atom. The molecular formula is C22H21FN4S. The van der Waals surface area contributed by atoms with Crippen LogP contribution in [0.5, 0.6) is 0 Å². The second-order valence-electron chi connectivity index (χ2n) is 7.33. The van der Waals surface area contributed by atoms with Crippen molar-refractivity contribution in [3.05, 3.63) is 76.6 Å². The highest BCUT2D eigenvalue weighted by molar-refractivity contribution is 7.09. The fourth-order valence-electron chi connectivity index (χ4n) is 3.88. The molecule has 0 N–H and O–H groups in total. The first kappa shape index (κ1) is 17.5. The molecule has 0 radical (unpaired) electrons. The average molecular weight is 393 g/mol. The lowest BCUT2D eigenvalue weighted by Gasteiger charge is -2.30. The number of thiophene rings is 1. The molecule has 4 nitrogen and oxygen atoms in total. The molecule has 0 aliphatic carbocycles. The van der Waals surface area contributed by atoms with Crippen LogP contribution in [0.2, 0.25) is 0 Å². The minimum absolute atomic E-state index is 0.230. The zero-order valence-electron chi connectivity index (χ0n) is 15.5. The van der Waals surface area contributed by atoms with E-state index in [9.17, 15) is 4.39 Å². The van der Waals surface area contributed by atoms with Gasteiger partial charge in [0, 0.05) is 29.1 Å². The van der Waals surface area contributed by atoms with Crippen LogP contribution >= 0.6 is 11.3 Å². The molecule has 0 amide bonds. The third kappa shape index (κ3) is 3.57. The lowest BCUT2D eigenvalue weighted by atomic mass is 9.96. The summed E-state index contributed by atoms with van der Waals surface area (Å²) in [6.45, 7) is 3.19. The number of pyridine rings is 1. The van der Waals surface area contributed by atoms with Crippen molar-refractivity contribution in [1.82, 2.24) is 19.5 Å². The number of hydrogen-bond donors (Lipinski definition) is 0. The van der Waals surface area contributed by atoms with Crippen molar-refractivity contribution in [2.24, 2.45) is 0 Å². The average Bonchev–Trinajstić information content (AvgIpc) is 3.37. The topological polar surface area (TPSA) is 33.4 Å². The maximum absolute atomic E-state index is 13.5. The summed E-state index contributed by atoms with van der Waals surface area (Å²) in [4.78, 5) is 8.69. The maximum atomic E-state index is 13.5. The number of halogens is 1. The van der Waals surface area contributed by atoms with Gasteiger partial charge in [0.25, 0.3) is 0 Å². The van der Waals surface area contributed by atoms with Gasteiger partial charge in [-0.15, -0.1) is 11.3 Å². The van der Waals surface area contributed by atoms with Crippen LogP contribution in [0.1, 0.15) is 29.5 Å². The van der Waals surface area contributed by atoms with Crippen LogP contribution in [0.15, 0.2) is 60.1 Å². The number of nitrogens with zero attached hydrogens (tertiary/aromatic N) is 4. The molecule has 28 heavy (non-hydrogen) atoms. The van der Waals surface area contributed by atoms with Crippen molar-refractivity contribution in [2.45, 2.75) is 25.3 Å². The third-order valence-corrected chi connectivity index (χ3v) is 6.28. The number of benzene rings is 1. The van der Waals surface area contributed by atoms with E-state index < -0.39 is 0 Å². The van der Waals surface area contributed by atoms with Crippen LogP contribution in [0.25, 0.3) is 16.8 Å². The fraction of sp³-hybridized carbons (Fsp3) is 0.273. The molecule has 0 atom stereocenters. The Hall–Kier alpha value is -2.57. The summed E-state index contributed by atoms with van der Waals surface area (Å²) < 4.78 is 15.4. The van der Waals surface area contributed by atoms with E-state index in [0.29, 0.717) is 5.92 Å². The Balaban J connectivity index is 1.31. The smallest absolute Gasteiger partial charge is 0.155 e. The van der Waals surface area contributed by atoms with Crippen molar-refractivity contribution in [1.29, 1.82) is 0 Å². The van der Waals surface area contributed by atoms with Crippen molar-refractivity contribution in [3.63, 3.8) is 0 Å². The predicted octanol–water partition coefficient (Wildman–Crippen LogP) is 4.98. The third-order valence-electron chi connectivity index (χ3n) is 5.42. The minimum atomic E-state index is -0.230. The Morgan fingerprint density at radius 3 is 2.71 bits per heavy atom. The highest BCUT2D eigenvalue weighted by Crippen LogP contribution is 2.28. The molecule has 6 heteroatoms. The molecule has 5 rings (SSSR count).